The molecule has 0 aromatic heterocycles. The van der Waals surface area contributed by atoms with E-state index in [4.69, 9.17) is 0 Å². The van der Waals surface area contributed by atoms with E-state index in [9.17, 15) is 9.18 Å². The van der Waals surface area contributed by atoms with Gasteiger partial charge >= 0.3 is 0 Å². The fourth-order valence-electron chi connectivity index (χ4n) is 1.74. The molecular formula is C15H13BrFNO. The van der Waals surface area contributed by atoms with Gasteiger partial charge in [-0.3, -0.25) is 4.79 Å². The summed E-state index contributed by atoms with van der Waals surface area (Å²) >= 11 is 3.32. The van der Waals surface area contributed by atoms with E-state index in [0.29, 0.717) is 10.0 Å². The van der Waals surface area contributed by atoms with Crippen LogP contribution in [-0.4, -0.2) is 5.91 Å². The van der Waals surface area contributed by atoms with Crippen molar-refractivity contribution in [3.63, 3.8) is 0 Å². The van der Waals surface area contributed by atoms with Gasteiger partial charge in [0.1, 0.15) is 5.82 Å². The first-order valence-corrected chi connectivity index (χ1v) is 6.60. The molecule has 4 heteroatoms. The highest BCUT2D eigenvalue weighted by Gasteiger charge is 2.12. The first kappa shape index (κ1) is 13.7. The van der Waals surface area contributed by atoms with E-state index in [-0.39, 0.29) is 11.6 Å². The molecule has 2 aromatic carbocycles. The van der Waals surface area contributed by atoms with Crippen molar-refractivity contribution in [3.8, 4) is 0 Å². The van der Waals surface area contributed by atoms with Gasteiger partial charge in [0.05, 0.1) is 11.3 Å². The van der Waals surface area contributed by atoms with Crippen LogP contribution in [-0.2, 0) is 0 Å². The predicted molar refractivity (Wildman–Crippen MR) is 78.0 cm³/mol. The molecule has 0 saturated heterocycles. The summed E-state index contributed by atoms with van der Waals surface area (Å²) in [5.74, 6) is -0.775. The Morgan fingerprint density at radius 3 is 2.47 bits per heavy atom. The van der Waals surface area contributed by atoms with Crippen LogP contribution in [0.3, 0.4) is 0 Å². The summed E-state index contributed by atoms with van der Waals surface area (Å²) in [6.07, 6.45) is 0. The Labute approximate surface area is 119 Å². The monoisotopic (exact) mass is 321 g/mol. The third-order valence-electron chi connectivity index (χ3n) is 2.74. The van der Waals surface area contributed by atoms with Gasteiger partial charge in [-0.25, -0.2) is 4.39 Å². The summed E-state index contributed by atoms with van der Waals surface area (Å²) in [7, 11) is 0. The largest absolute Gasteiger partial charge is 0.319 e. The van der Waals surface area contributed by atoms with Crippen LogP contribution in [0.25, 0.3) is 0 Å². The predicted octanol–water partition coefficient (Wildman–Crippen LogP) is 4.46. The molecule has 1 amide bonds. The van der Waals surface area contributed by atoms with Crippen LogP contribution in [0.4, 0.5) is 10.1 Å². The number of carbonyl (C=O) groups is 1. The molecule has 98 valence electrons. The number of rotatable bonds is 2. The fourth-order valence-corrected chi connectivity index (χ4v) is 2.16. The second-order valence-electron chi connectivity index (χ2n) is 4.42. The van der Waals surface area contributed by atoms with Crippen LogP contribution >= 0.6 is 15.9 Å². The molecule has 0 radical (unpaired) electrons. The van der Waals surface area contributed by atoms with Crippen LogP contribution in [0.5, 0.6) is 0 Å². The van der Waals surface area contributed by atoms with Gasteiger partial charge in [-0.1, -0.05) is 17.7 Å². The number of anilines is 1. The highest BCUT2D eigenvalue weighted by Crippen LogP contribution is 2.21. The minimum atomic E-state index is -0.442. The van der Waals surface area contributed by atoms with Crippen molar-refractivity contribution >= 4 is 27.5 Å². The van der Waals surface area contributed by atoms with Crippen molar-refractivity contribution in [1.82, 2.24) is 0 Å². The molecule has 0 aliphatic rings. The molecule has 1 N–H and O–H groups in total. The zero-order valence-corrected chi connectivity index (χ0v) is 12.2. The van der Waals surface area contributed by atoms with Gasteiger partial charge in [-0.05, 0) is 59.6 Å². The van der Waals surface area contributed by atoms with E-state index >= 15 is 0 Å². The number of hydrogen-bond acceptors (Lipinski definition) is 1. The van der Waals surface area contributed by atoms with E-state index in [1.165, 1.54) is 6.07 Å². The highest BCUT2D eigenvalue weighted by atomic mass is 79.9. The van der Waals surface area contributed by atoms with Gasteiger partial charge in [0.25, 0.3) is 5.91 Å². The molecule has 0 unspecified atom stereocenters. The van der Waals surface area contributed by atoms with E-state index < -0.39 is 5.82 Å². The Balaban J connectivity index is 2.30. The number of nitrogens with one attached hydrogen (secondary N) is 1. The van der Waals surface area contributed by atoms with Crippen LogP contribution < -0.4 is 5.32 Å². The van der Waals surface area contributed by atoms with Crippen molar-refractivity contribution in [2.45, 2.75) is 13.8 Å². The van der Waals surface area contributed by atoms with Crippen molar-refractivity contribution < 1.29 is 9.18 Å². The van der Waals surface area contributed by atoms with Crippen molar-refractivity contribution in [1.29, 1.82) is 0 Å². The number of hydrogen-bond donors (Lipinski definition) is 1. The van der Waals surface area contributed by atoms with Crippen molar-refractivity contribution in [3.05, 3.63) is 63.4 Å². The van der Waals surface area contributed by atoms with Crippen LogP contribution in [0, 0.1) is 19.7 Å². The maximum atomic E-state index is 13.6. The lowest BCUT2D eigenvalue weighted by atomic mass is 10.1. The SMILES string of the molecule is Cc1ccc(F)c(NC(=O)c2cc(C)ccc2Br)c1. The summed E-state index contributed by atoms with van der Waals surface area (Å²) in [6.45, 7) is 3.74. The molecule has 2 nitrogen and oxygen atoms in total. The van der Waals surface area contributed by atoms with Gasteiger partial charge in [0.15, 0.2) is 0 Å². The summed E-state index contributed by atoms with van der Waals surface area (Å²) in [6, 6.07) is 10.1. The minimum absolute atomic E-state index is 0.193. The molecule has 0 atom stereocenters. The van der Waals surface area contributed by atoms with E-state index in [0.717, 1.165) is 11.1 Å². The third kappa shape index (κ3) is 3.20. The normalized spacial score (nSPS) is 10.3. The molecule has 0 heterocycles. The number of halogens is 2. The number of benzene rings is 2. The van der Waals surface area contributed by atoms with E-state index in [2.05, 4.69) is 21.2 Å². The molecule has 0 bridgehead atoms. The molecule has 2 aromatic rings. The lowest BCUT2D eigenvalue weighted by molar-refractivity contribution is 0.102. The van der Waals surface area contributed by atoms with Crippen LogP contribution in [0.2, 0.25) is 0 Å². The topological polar surface area (TPSA) is 29.1 Å². The quantitative estimate of drug-likeness (QED) is 0.869. The Bertz CT molecular complexity index is 640. The van der Waals surface area contributed by atoms with Gasteiger partial charge in [-0.2, -0.15) is 0 Å². The van der Waals surface area contributed by atoms with Gasteiger partial charge in [0.2, 0.25) is 0 Å². The van der Waals surface area contributed by atoms with Crippen molar-refractivity contribution in [2.75, 3.05) is 5.32 Å². The summed E-state index contributed by atoms with van der Waals surface area (Å²) in [5.41, 5.74) is 2.54. The average molecular weight is 322 g/mol. The molecule has 0 fully saturated rings. The zero-order valence-electron chi connectivity index (χ0n) is 10.6. The number of amides is 1. The third-order valence-corrected chi connectivity index (χ3v) is 3.43. The Morgan fingerprint density at radius 2 is 1.74 bits per heavy atom. The number of aryl methyl sites for hydroxylation is 2. The molecule has 0 spiro atoms. The highest BCUT2D eigenvalue weighted by molar-refractivity contribution is 9.10. The molecule has 0 aliphatic heterocycles. The first-order chi connectivity index (χ1) is 8.97. The van der Waals surface area contributed by atoms with Gasteiger partial charge in [-0.15, -0.1) is 0 Å². The van der Waals surface area contributed by atoms with E-state index in [1.54, 1.807) is 24.3 Å². The van der Waals surface area contributed by atoms with Crippen LogP contribution in [0.15, 0.2) is 40.9 Å². The second kappa shape index (κ2) is 5.53. The van der Waals surface area contributed by atoms with Crippen molar-refractivity contribution in [2.24, 2.45) is 0 Å². The minimum Gasteiger partial charge on any atom is -0.319 e. The summed E-state index contributed by atoms with van der Waals surface area (Å²) in [4.78, 5) is 12.1. The van der Waals surface area contributed by atoms with Gasteiger partial charge < -0.3 is 5.32 Å². The summed E-state index contributed by atoms with van der Waals surface area (Å²) in [5, 5.41) is 2.59. The Hall–Kier alpha value is -1.68. The molecule has 2 rings (SSSR count). The Morgan fingerprint density at radius 1 is 1.11 bits per heavy atom. The fraction of sp³-hybridized carbons (Fsp3) is 0.133. The lowest BCUT2D eigenvalue weighted by Crippen LogP contribution is -2.14. The maximum Gasteiger partial charge on any atom is 0.256 e. The molecular weight excluding hydrogens is 309 g/mol. The summed E-state index contributed by atoms with van der Waals surface area (Å²) < 4.78 is 14.3. The first-order valence-electron chi connectivity index (χ1n) is 5.81. The second-order valence-corrected chi connectivity index (χ2v) is 5.28. The molecule has 0 aliphatic carbocycles. The number of carbonyl (C=O) groups excluding carboxylic acids is 1. The molecule has 0 saturated carbocycles. The molecule has 19 heavy (non-hydrogen) atoms. The zero-order chi connectivity index (χ0) is 14.0. The lowest BCUT2D eigenvalue weighted by Gasteiger charge is -2.09. The standard InChI is InChI=1S/C15H13BrFNO/c1-9-3-5-12(16)11(7-9)15(19)18-14-8-10(2)4-6-13(14)17/h3-8H,1-2H3,(H,18,19). The van der Waals surface area contributed by atoms with Crippen LogP contribution in [0.1, 0.15) is 21.5 Å². The average Bonchev–Trinajstić information content (AvgIpc) is 2.36. The maximum absolute atomic E-state index is 13.6. The Kier molecular flexibility index (Phi) is 4.00. The smallest absolute Gasteiger partial charge is 0.256 e. The van der Waals surface area contributed by atoms with Gasteiger partial charge in [0, 0.05) is 4.47 Å². The van der Waals surface area contributed by atoms with E-state index in [1.807, 2.05) is 19.9 Å².